The molecule has 0 aliphatic carbocycles. The average molecular weight is 233 g/mol. The third kappa shape index (κ3) is 4.02. The minimum Gasteiger partial charge on any atom is -0.352 e. The van der Waals surface area contributed by atoms with Crippen LogP contribution in [0, 0.1) is 20.8 Å². The zero-order valence-corrected chi connectivity index (χ0v) is 10.9. The summed E-state index contributed by atoms with van der Waals surface area (Å²) in [6.07, 6.45) is -0.0378. The highest BCUT2D eigenvalue weighted by molar-refractivity contribution is 5.96. The number of benzene rings is 1. The predicted molar refractivity (Wildman–Crippen MR) is 67.8 cm³/mol. The molecular weight excluding hydrogens is 214 g/mol. The molecule has 1 aromatic carbocycles. The van der Waals surface area contributed by atoms with Gasteiger partial charge in [0.05, 0.1) is 6.42 Å². The Hall–Kier alpha value is -1.64. The molecule has 0 radical (unpaired) electrons. The van der Waals surface area contributed by atoms with Crippen molar-refractivity contribution in [3.8, 4) is 0 Å². The lowest BCUT2D eigenvalue weighted by molar-refractivity contribution is -0.127. The fourth-order valence-electron chi connectivity index (χ4n) is 1.69. The van der Waals surface area contributed by atoms with Gasteiger partial charge >= 0.3 is 0 Å². The second-order valence-corrected chi connectivity index (χ2v) is 4.52. The molecule has 0 aromatic heterocycles. The van der Waals surface area contributed by atoms with Crippen molar-refractivity contribution in [3.05, 3.63) is 34.4 Å². The van der Waals surface area contributed by atoms with Crippen LogP contribution in [0.2, 0.25) is 0 Å². The van der Waals surface area contributed by atoms with E-state index in [-0.39, 0.29) is 18.1 Å². The lowest BCUT2D eigenvalue weighted by Crippen LogP contribution is -2.24. The molecule has 1 aromatic rings. The highest BCUT2D eigenvalue weighted by Crippen LogP contribution is 2.15. The molecule has 0 saturated heterocycles. The summed E-state index contributed by atoms with van der Waals surface area (Å²) in [6, 6.07) is 4.19. The van der Waals surface area contributed by atoms with Gasteiger partial charge in [-0.2, -0.15) is 0 Å². The number of amides is 1. The largest absolute Gasteiger partial charge is 0.352 e. The van der Waals surface area contributed by atoms with Crippen molar-refractivity contribution in [2.24, 2.45) is 0 Å². The van der Waals surface area contributed by atoms with E-state index in [1.165, 1.54) is 18.1 Å². The Morgan fingerprint density at radius 2 is 1.65 bits per heavy atom. The van der Waals surface area contributed by atoms with Crippen LogP contribution in [0.3, 0.4) is 0 Å². The van der Waals surface area contributed by atoms with Gasteiger partial charge in [0.1, 0.15) is 5.78 Å². The molecule has 92 valence electrons. The van der Waals surface area contributed by atoms with Gasteiger partial charge in [-0.3, -0.25) is 9.59 Å². The van der Waals surface area contributed by atoms with Gasteiger partial charge in [0.25, 0.3) is 0 Å². The second-order valence-electron chi connectivity index (χ2n) is 4.52. The molecule has 1 amide bonds. The third-order valence-electron chi connectivity index (χ3n) is 2.84. The number of aryl methyl sites for hydroxylation is 3. The fraction of sp³-hybridized carbons (Fsp3) is 0.429. The fourth-order valence-corrected chi connectivity index (χ4v) is 1.69. The number of nitrogens with one attached hydrogen (secondary N) is 1. The van der Waals surface area contributed by atoms with Crippen molar-refractivity contribution in [1.29, 1.82) is 0 Å². The number of carbonyl (C=O) groups is 2. The van der Waals surface area contributed by atoms with Gasteiger partial charge in [-0.25, -0.2) is 0 Å². The quantitative estimate of drug-likeness (QED) is 0.810. The first-order valence-electron chi connectivity index (χ1n) is 5.73. The van der Waals surface area contributed by atoms with Crippen molar-refractivity contribution >= 4 is 11.7 Å². The number of Topliss-reactive ketones (excluding diaryl/α,β-unsaturated/α-hetero) is 1. The Kier molecular flexibility index (Phi) is 4.44. The Morgan fingerprint density at radius 3 is 2.24 bits per heavy atom. The first kappa shape index (κ1) is 13.4. The Bertz CT molecular complexity index is 450. The van der Waals surface area contributed by atoms with Crippen molar-refractivity contribution in [2.45, 2.75) is 40.7 Å². The third-order valence-corrected chi connectivity index (χ3v) is 2.84. The molecule has 0 bridgehead atoms. The SMILES string of the molecule is CC(=O)CC(=O)NCc1cc(C)c(C)cc1C. The van der Waals surface area contributed by atoms with Crippen molar-refractivity contribution < 1.29 is 9.59 Å². The number of rotatable bonds is 4. The van der Waals surface area contributed by atoms with E-state index in [2.05, 4.69) is 31.3 Å². The highest BCUT2D eigenvalue weighted by Gasteiger charge is 2.06. The van der Waals surface area contributed by atoms with E-state index < -0.39 is 0 Å². The molecule has 0 saturated carbocycles. The lowest BCUT2D eigenvalue weighted by atomic mass is 10.0. The van der Waals surface area contributed by atoms with Gasteiger partial charge in [0, 0.05) is 6.54 Å². The molecule has 17 heavy (non-hydrogen) atoms. The second kappa shape index (κ2) is 5.62. The van der Waals surface area contributed by atoms with Gasteiger partial charge in [-0.05, 0) is 49.9 Å². The van der Waals surface area contributed by atoms with Crippen LogP contribution in [0.1, 0.15) is 35.6 Å². The van der Waals surface area contributed by atoms with Crippen LogP contribution in [0.25, 0.3) is 0 Å². The van der Waals surface area contributed by atoms with E-state index in [9.17, 15) is 9.59 Å². The van der Waals surface area contributed by atoms with E-state index in [1.54, 1.807) is 0 Å². The molecule has 0 atom stereocenters. The first-order valence-corrected chi connectivity index (χ1v) is 5.73. The van der Waals surface area contributed by atoms with Gasteiger partial charge in [-0.1, -0.05) is 12.1 Å². The number of hydrogen-bond acceptors (Lipinski definition) is 2. The zero-order valence-electron chi connectivity index (χ0n) is 10.9. The normalized spacial score (nSPS) is 10.1. The molecule has 1 rings (SSSR count). The maximum atomic E-state index is 11.4. The zero-order chi connectivity index (χ0) is 13.0. The van der Waals surface area contributed by atoms with Crippen molar-refractivity contribution in [3.63, 3.8) is 0 Å². The van der Waals surface area contributed by atoms with E-state index >= 15 is 0 Å². The van der Waals surface area contributed by atoms with Crippen molar-refractivity contribution in [2.75, 3.05) is 0 Å². The maximum Gasteiger partial charge on any atom is 0.227 e. The number of hydrogen-bond donors (Lipinski definition) is 1. The Morgan fingerprint density at radius 1 is 1.06 bits per heavy atom. The lowest BCUT2D eigenvalue weighted by Gasteiger charge is -2.10. The summed E-state index contributed by atoms with van der Waals surface area (Å²) in [4.78, 5) is 22.1. The minimum absolute atomic E-state index is 0.0378. The minimum atomic E-state index is -0.213. The Labute approximate surface area is 102 Å². The van der Waals surface area contributed by atoms with Gasteiger partial charge in [0.15, 0.2) is 0 Å². The number of ketones is 1. The molecule has 0 unspecified atom stereocenters. The predicted octanol–water partition coefficient (Wildman–Crippen LogP) is 2.21. The van der Waals surface area contributed by atoms with Gasteiger partial charge in [0.2, 0.25) is 5.91 Å². The molecule has 3 heteroatoms. The molecule has 1 N–H and O–H groups in total. The van der Waals surface area contributed by atoms with Gasteiger partial charge < -0.3 is 5.32 Å². The molecule has 0 spiro atoms. The van der Waals surface area contributed by atoms with E-state index in [1.807, 2.05) is 6.92 Å². The molecule has 0 heterocycles. The van der Waals surface area contributed by atoms with Crippen LogP contribution >= 0.6 is 0 Å². The average Bonchev–Trinajstić information content (AvgIpc) is 2.20. The summed E-state index contributed by atoms with van der Waals surface area (Å²) in [5.41, 5.74) is 4.73. The van der Waals surface area contributed by atoms with Crippen LogP contribution in [-0.4, -0.2) is 11.7 Å². The topological polar surface area (TPSA) is 46.2 Å². The van der Waals surface area contributed by atoms with E-state index in [0.29, 0.717) is 6.54 Å². The van der Waals surface area contributed by atoms with Gasteiger partial charge in [-0.15, -0.1) is 0 Å². The van der Waals surface area contributed by atoms with E-state index in [0.717, 1.165) is 11.1 Å². The maximum absolute atomic E-state index is 11.4. The standard InChI is InChI=1S/C14H19NO2/c1-9-5-11(3)13(6-10(9)2)8-15-14(17)7-12(4)16/h5-6H,7-8H2,1-4H3,(H,15,17). The Balaban J connectivity index is 2.66. The summed E-state index contributed by atoms with van der Waals surface area (Å²) in [5.74, 6) is -0.325. The van der Waals surface area contributed by atoms with E-state index in [4.69, 9.17) is 0 Å². The summed E-state index contributed by atoms with van der Waals surface area (Å²) in [7, 11) is 0. The van der Waals surface area contributed by atoms with Crippen molar-refractivity contribution in [1.82, 2.24) is 5.32 Å². The van der Waals surface area contributed by atoms with Crippen LogP contribution < -0.4 is 5.32 Å². The summed E-state index contributed by atoms with van der Waals surface area (Å²) in [6.45, 7) is 8.05. The molecule has 3 nitrogen and oxygen atoms in total. The van der Waals surface area contributed by atoms with Crippen LogP contribution in [-0.2, 0) is 16.1 Å². The highest BCUT2D eigenvalue weighted by atomic mass is 16.2. The van der Waals surface area contributed by atoms with Crippen LogP contribution in [0.4, 0.5) is 0 Å². The molecular formula is C14H19NO2. The smallest absolute Gasteiger partial charge is 0.227 e. The monoisotopic (exact) mass is 233 g/mol. The summed E-state index contributed by atoms with van der Waals surface area (Å²) < 4.78 is 0. The summed E-state index contributed by atoms with van der Waals surface area (Å²) in [5, 5.41) is 2.76. The van der Waals surface area contributed by atoms with Crippen LogP contribution in [0.5, 0.6) is 0 Å². The summed E-state index contributed by atoms with van der Waals surface area (Å²) >= 11 is 0. The number of carbonyl (C=O) groups excluding carboxylic acids is 2. The first-order chi connectivity index (χ1) is 7.90. The van der Waals surface area contributed by atoms with Crippen LogP contribution in [0.15, 0.2) is 12.1 Å². The molecule has 0 aliphatic heterocycles. The molecule has 0 fully saturated rings. The molecule has 0 aliphatic rings.